The van der Waals surface area contributed by atoms with E-state index >= 15 is 0 Å². The molecule has 0 spiro atoms. The molecule has 14 rings (SSSR count). The fourth-order valence-corrected chi connectivity index (χ4v) is 10.9. The predicted octanol–water partition coefficient (Wildman–Crippen LogP) is 18.6. The van der Waals surface area contributed by atoms with Crippen molar-refractivity contribution in [2.75, 3.05) is 4.90 Å². The number of hydrogen-bond acceptors (Lipinski definition) is 2. The van der Waals surface area contributed by atoms with Crippen molar-refractivity contribution >= 4 is 93.1 Å². The van der Waals surface area contributed by atoms with Crippen LogP contribution in [-0.2, 0) is 0 Å². The quantitative estimate of drug-likeness (QED) is 0.149. The normalized spacial score (nSPS) is 11.8. The van der Waals surface area contributed by atoms with Crippen molar-refractivity contribution in [2.45, 2.75) is 0 Å². The second-order valence-electron chi connectivity index (χ2n) is 18.0. The number of anilines is 3. The minimum Gasteiger partial charge on any atom is -0.455 e. The van der Waals surface area contributed by atoms with E-state index in [2.05, 4.69) is 264 Å². The summed E-state index contributed by atoms with van der Waals surface area (Å²) in [5.41, 5.74) is 15.4. The Morgan fingerprint density at radius 2 is 0.768 bits per heavy atom. The summed E-state index contributed by atoms with van der Waals surface area (Å²) in [6, 6.07) is 92.4. The fourth-order valence-electron chi connectivity index (χ4n) is 10.9. The molecule has 69 heavy (non-hydrogen) atoms. The molecule has 0 bridgehead atoms. The van der Waals surface area contributed by atoms with Gasteiger partial charge in [-0.15, -0.1) is 0 Å². The Morgan fingerprint density at radius 3 is 1.52 bits per heavy atom. The summed E-state index contributed by atoms with van der Waals surface area (Å²) in [6.07, 6.45) is 0. The molecule has 2 heterocycles. The van der Waals surface area contributed by atoms with Gasteiger partial charge in [-0.25, -0.2) is 0 Å². The number of aromatic nitrogens is 1. The van der Waals surface area contributed by atoms with Crippen LogP contribution in [0.4, 0.5) is 17.1 Å². The largest absolute Gasteiger partial charge is 0.455 e. The SMILES string of the molecule is c1cc(-c2ccc3c(ccc4ccccc43)c2)cc(N(c2ccc(-c3ccccc3-n3c4ccccc4c4ccccc43)cc2)c2ccc(-c3cccc4c3oc3c5ccccc5ccc43)cc2)c1. The summed E-state index contributed by atoms with van der Waals surface area (Å²) in [7, 11) is 0. The number of nitrogens with zero attached hydrogens (tertiary/aromatic N) is 2. The molecule has 3 nitrogen and oxygen atoms in total. The minimum absolute atomic E-state index is 0.904. The van der Waals surface area contributed by atoms with Crippen molar-refractivity contribution < 1.29 is 4.42 Å². The zero-order valence-corrected chi connectivity index (χ0v) is 37.6. The smallest absolute Gasteiger partial charge is 0.143 e. The standard InChI is InChI=1S/C66H42N2O/c1-3-17-53-43(13-1)27-28-49-41-48(34-39-54(49)53)47-15-11-16-52(42-47)67(51-37-31-46(32-38-51)57-22-12-23-60-61-40-33-44-14-2-4-19-56(44)66(61)69-65(57)60)50-35-29-45(30-36-50)55-18-5-8-24-62(55)68-63-25-9-6-20-58(63)59-21-7-10-26-64(59)68/h1-42H. The average molecular weight is 879 g/mol. The summed E-state index contributed by atoms with van der Waals surface area (Å²) in [5, 5.41) is 12.1. The molecule has 3 heteroatoms. The Balaban J connectivity index is 0.887. The Morgan fingerprint density at radius 1 is 0.275 bits per heavy atom. The molecular weight excluding hydrogens is 837 g/mol. The van der Waals surface area contributed by atoms with Gasteiger partial charge in [-0.1, -0.05) is 188 Å². The predicted molar refractivity (Wildman–Crippen MR) is 292 cm³/mol. The van der Waals surface area contributed by atoms with Crippen LogP contribution in [0.5, 0.6) is 0 Å². The van der Waals surface area contributed by atoms with E-state index in [1.165, 1.54) is 59.9 Å². The third kappa shape index (κ3) is 6.36. The fraction of sp³-hybridized carbons (Fsp3) is 0. The lowest BCUT2D eigenvalue weighted by Gasteiger charge is -2.26. The van der Waals surface area contributed by atoms with Gasteiger partial charge >= 0.3 is 0 Å². The van der Waals surface area contributed by atoms with Gasteiger partial charge in [0.05, 0.1) is 16.7 Å². The first-order valence-electron chi connectivity index (χ1n) is 23.7. The first kappa shape index (κ1) is 39.0. The second kappa shape index (κ2) is 15.7. The highest BCUT2D eigenvalue weighted by Crippen LogP contribution is 2.43. The van der Waals surface area contributed by atoms with Crippen LogP contribution in [0, 0.1) is 0 Å². The molecule has 322 valence electrons. The molecule has 2 aromatic heterocycles. The van der Waals surface area contributed by atoms with Gasteiger partial charge in [0, 0.05) is 55.1 Å². The molecule has 0 radical (unpaired) electrons. The molecule has 0 N–H and O–H groups in total. The zero-order valence-electron chi connectivity index (χ0n) is 37.6. The highest BCUT2D eigenvalue weighted by molar-refractivity contribution is 6.17. The van der Waals surface area contributed by atoms with Crippen molar-refractivity contribution in [3.63, 3.8) is 0 Å². The van der Waals surface area contributed by atoms with Crippen LogP contribution in [0.1, 0.15) is 0 Å². The molecule has 0 saturated carbocycles. The molecule has 0 saturated heterocycles. The maximum atomic E-state index is 6.78. The molecule has 0 aliphatic rings. The van der Waals surface area contributed by atoms with Gasteiger partial charge in [0.25, 0.3) is 0 Å². The molecule has 14 aromatic rings. The van der Waals surface area contributed by atoms with Gasteiger partial charge < -0.3 is 13.9 Å². The van der Waals surface area contributed by atoms with E-state index in [0.717, 1.165) is 72.3 Å². The third-order valence-electron chi connectivity index (χ3n) is 14.2. The van der Waals surface area contributed by atoms with Crippen LogP contribution in [0.25, 0.3) is 115 Å². The molecule has 12 aromatic carbocycles. The monoisotopic (exact) mass is 878 g/mol. The highest BCUT2D eigenvalue weighted by atomic mass is 16.3. The van der Waals surface area contributed by atoms with E-state index in [1.807, 2.05) is 0 Å². The topological polar surface area (TPSA) is 21.3 Å². The number of benzene rings is 12. The van der Waals surface area contributed by atoms with Gasteiger partial charge in [-0.05, 0) is 116 Å². The average Bonchev–Trinajstić information content (AvgIpc) is 3.98. The second-order valence-corrected chi connectivity index (χ2v) is 18.0. The van der Waals surface area contributed by atoms with Crippen LogP contribution in [0.15, 0.2) is 259 Å². The van der Waals surface area contributed by atoms with E-state index in [0.29, 0.717) is 0 Å². The Hall–Kier alpha value is -9.18. The summed E-state index contributed by atoms with van der Waals surface area (Å²) in [4.78, 5) is 2.37. The molecule has 0 unspecified atom stereocenters. The van der Waals surface area contributed by atoms with Crippen molar-refractivity contribution in [3.8, 4) is 39.1 Å². The lowest BCUT2D eigenvalue weighted by Crippen LogP contribution is -2.10. The summed E-state index contributed by atoms with van der Waals surface area (Å²) >= 11 is 0. The van der Waals surface area contributed by atoms with E-state index in [4.69, 9.17) is 4.42 Å². The van der Waals surface area contributed by atoms with Gasteiger partial charge in [-0.3, -0.25) is 0 Å². The first-order chi connectivity index (χ1) is 34.2. The number of hydrogen-bond donors (Lipinski definition) is 0. The first-order valence-corrected chi connectivity index (χ1v) is 23.7. The van der Waals surface area contributed by atoms with Gasteiger partial charge in [0.1, 0.15) is 11.2 Å². The Kier molecular flexibility index (Phi) is 8.90. The van der Waals surface area contributed by atoms with Gasteiger partial charge in [0.15, 0.2) is 0 Å². The van der Waals surface area contributed by atoms with Crippen molar-refractivity contribution in [2.24, 2.45) is 0 Å². The van der Waals surface area contributed by atoms with Gasteiger partial charge in [-0.2, -0.15) is 0 Å². The molecule has 0 aliphatic heterocycles. The van der Waals surface area contributed by atoms with Crippen LogP contribution in [0.2, 0.25) is 0 Å². The van der Waals surface area contributed by atoms with Crippen molar-refractivity contribution in [1.82, 2.24) is 4.57 Å². The molecule has 0 aliphatic carbocycles. The molecule has 0 amide bonds. The summed E-state index contributed by atoms with van der Waals surface area (Å²) in [6.45, 7) is 0. The van der Waals surface area contributed by atoms with E-state index in [-0.39, 0.29) is 0 Å². The van der Waals surface area contributed by atoms with Crippen LogP contribution in [-0.4, -0.2) is 4.57 Å². The van der Waals surface area contributed by atoms with E-state index in [1.54, 1.807) is 0 Å². The van der Waals surface area contributed by atoms with Crippen LogP contribution < -0.4 is 4.90 Å². The molecule has 0 fully saturated rings. The number of para-hydroxylation sites is 4. The summed E-state index contributed by atoms with van der Waals surface area (Å²) < 4.78 is 9.19. The molecule has 0 atom stereocenters. The molecular formula is C66H42N2O. The van der Waals surface area contributed by atoms with E-state index < -0.39 is 0 Å². The van der Waals surface area contributed by atoms with Crippen LogP contribution >= 0.6 is 0 Å². The Labute approximate surface area is 399 Å². The highest BCUT2D eigenvalue weighted by Gasteiger charge is 2.19. The number of fused-ring (bicyclic) bond motifs is 11. The third-order valence-corrected chi connectivity index (χ3v) is 14.2. The maximum absolute atomic E-state index is 6.78. The van der Waals surface area contributed by atoms with Crippen molar-refractivity contribution in [3.05, 3.63) is 255 Å². The number of furan rings is 1. The van der Waals surface area contributed by atoms with Crippen LogP contribution in [0.3, 0.4) is 0 Å². The summed E-state index contributed by atoms with van der Waals surface area (Å²) in [5.74, 6) is 0. The lowest BCUT2D eigenvalue weighted by atomic mass is 9.97. The minimum atomic E-state index is 0.904. The van der Waals surface area contributed by atoms with E-state index in [9.17, 15) is 0 Å². The Bertz CT molecular complexity index is 4260. The maximum Gasteiger partial charge on any atom is 0.143 e. The zero-order chi connectivity index (χ0) is 45.4. The van der Waals surface area contributed by atoms with Gasteiger partial charge in [0.2, 0.25) is 0 Å². The van der Waals surface area contributed by atoms with Crippen molar-refractivity contribution in [1.29, 1.82) is 0 Å². The number of rotatable bonds is 7. The lowest BCUT2D eigenvalue weighted by molar-refractivity contribution is 0.674.